The predicted molar refractivity (Wildman–Crippen MR) is 116 cm³/mol. The molecule has 2 heterocycles. The zero-order valence-electron chi connectivity index (χ0n) is 14.3. The minimum Gasteiger partial charge on any atom is -0.383 e. The van der Waals surface area contributed by atoms with E-state index in [1.165, 1.54) is 11.5 Å². The van der Waals surface area contributed by atoms with Gasteiger partial charge in [-0.05, 0) is 41.9 Å². The van der Waals surface area contributed by atoms with Crippen LogP contribution in [-0.4, -0.2) is 14.5 Å². The lowest BCUT2D eigenvalue weighted by Crippen LogP contribution is -2.03. The Labute approximate surface area is 181 Å². The maximum absolute atomic E-state index is 11.2. The summed E-state index contributed by atoms with van der Waals surface area (Å²) in [5.41, 5.74) is 3.38. The Morgan fingerprint density at radius 3 is 2.43 bits per heavy atom. The largest absolute Gasteiger partial charge is 0.383 e. The summed E-state index contributed by atoms with van der Waals surface area (Å²) in [5, 5.41) is 12.8. The molecule has 1 unspecified atom stereocenters. The van der Waals surface area contributed by atoms with Crippen LogP contribution in [-0.2, 0) is 0 Å². The molecular weight excluding hydrogens is 435 g/mol. The summed E-state index contributed by atoms with van der Waals surface area (Å²) in [5.74, 6) is 0. The molecule has 0 bridgehead atoms. The van der Waals surface area contributed by atoms with Crippen LogP contribution in [0.3, 0.4) is 0 Å². The van der Waals surface area contributed by atoms with Gasteiger partial charge in [-0.2, -0.15) is 4.37 Å². The van der Waals surface area contributed by atoms with Crippen molar-refractivity contribution < 1.29 is 5.11 Å². The van der Waals surface area contributed by atoms with E-state index in [4.69, 9.17) is 34.8 Å². The minimum atomic E-state index is -0.944. The molecule has 0 aliphatic carbocycles. The van der Waals surface area contributed by atoms with Gasteiger partial charge in [-0.3, -0.25) is 4.98 Å². The number of benzene rings is 2. The van der Waals surface area contributed by atoms with Crippen LogP contribution in [0.2, 0.25) is 15.1 Å². The second-order valence-corrected chi connectivity index (χ2v) is 8.09. The summed E-state index contributed by atoms with van der Waals surface area (Å²) < 4.78 is 4.62. The van der Waals surface area contributed by atoms with E-state index < -0.39 is 6.10 Å². The Kier molecular flexibility index (Phi) is 5.67. The topological polar surface area (TPSA) is 46.0 Å². The number of hydrogen-bond acceptors (Lipinski definition) is 4. The van der Waals surface area contributed by atoms with Crippen molar-refractivity contribution in [1.29, 1.82) is 0 Å². The van der Waals surface area contributed by atoms with Crippen molar-refractivity contribution in [3.05, 3.63) is 93.2 Å². The van der Waals surface area contributed by atoms with Crippen molar-refractivity contribution in [2.24, 2.45) is 0 Å². The molecule has 2 aromatic heterocycles. The average molecular weight is 448 g/mol. The molecule has 1 N–H and O–H groups in total. The van der Waals surface area contributed by atoms with Crippen LogP contribution in [0, 0.1) is 0 Å². The number of aliphatic hydroxyl groups excluding tert-OH is 1. The Hall–Kier alpha value is -1.95. The first-order valence-corrected chi connectivity index (χ1v) is 10.2. The molecule has 0 saturated carbocycles. The Morgan fingerprint density at radius 2 is 1.71 bits per heavy atom. The van der Waals surface area contributed by atoms with E-state index in [2.05, 4.69) is 9.36 Å². The van der Waals surface area contributed by atoms with Crippen molar-refractivity contribution in [3.8, 4) is 21.7 Å². The Bertz CT molecular complexity index is 1130. The van der Waals surface area contributed by atoms with Crippen LogP contribution in [0.4, 0.5) is 0 Å². The van der Waals surface area contributed by atoms with E-state index in [1.54, 1.807) is 36.7 Å². The highest BCUT2D eigenvalue weighted by molar-refractivity contribution is 7.10. The van der Waals surface area contributed by atoms with E-state index in [0.717, 1.165) is 10.4 Å². The number of aliphatic hydroxyl groups is 1. The molecule has 4 rings (SSSR count). The Morgan fingerprint density at radius 1 is 0.893 bits per heavy atom. The number of halogens is 3. The normalized spacial score (nSPS) is 12.1. The maximum Gasteiger partial charge on any atom is 0.109 e. The molecule has 0 radical (unpaired) electrons. The summed E-state index contributed by atoms with van der Waals surface area (Å²) in [7, 11) is 0. The summed E-state index contributed by atoms with van der Waals surface area (Å²) in [6.45, 7) is 0. The lowest BCUT2D eigenvalue weighted by Gasteiger charge is -2.15. The first-order chi connectivity index (χ1) is 13.6. The van der Waals surface area contributed by atoms with Crippen LogP contribution >= 0.6 is 46.3 Å². The summed E-state index contributed by atoms with van der Waals surface area (Å²) in [4.78, 5) is 4.90. The number of hydrogen-bond donors (Lipinski definition) is 1. The van der Waals surface area contributed by atoms with E-state index in [0.29, 0.717) is 37.5 Å². The van der Waals surface area contributed by atoms with Gasteiger partial charge < -0.3 is 5.11 Å². The van der Waals surface area contributed by atoms with Gasteiger partial charge in [0.25, 0.3) is 0 Å². The molecule has 0 aliphatic rings. The highest BCUT2D eigenvalue weighted by Crippen LogP contribution is 2.45. The first kappa shape index (κ1) is 19.4. The van der Waals surface area contributed by atoms with E-state index >= 15 is 0 Å². The van der Waals surface area contributed by atoms with Crippen molar-refractivity contribution in [2.45, 2.75) is 6.10 Å². The zero-order valence-corrected chi connectivity index (χ0v) is 17.4. The molecule has 7 heteroatoms. The van der Waals surface area contributed by atoms with Crippen molar-refractivity contribution in [3.63, 3.8) is 0 Å². The molecule has 0 spiro atoms. The third-order valence-corrected chi connectivity index (χ3v) is 6.08. The SMILES string of the molecule is OC(c1cccnc1)c1c(-c2ccc(Cl)cc2Cl)nsc1-c1ccccc1Cl. The maximum atomic E-state index is 11.2. The number of nitrogens with zero attached hydrogens (tertiary/aromatic N) is 2. The van der Waals surface area contributed by atoms with Crippen molar-refractivity contribution in [2.75, 3.05) is 0 Å². The number of aromatic nitrogens is 2. The highest BCUT2D eigenvalue weighted by Gasteiger charge is 2.26. The van der Waals surface area contributed by atoms with Crippen LogP contribution in [0.5, 0.6) is 0 Å². The monoisotopic (exact) mass is 446 g/mol. The molecular formula is C21H13Cl3N2OS. The van der Waals surface area contributed by atoms with Gasteiger partial charge in [0, 0.05) is 44.7 Å². The lowest BCUT2D eigenvalue weighted by molar-refractivity contribution is 0.221. The lowest BCUT2D eigenvalue weighted by atomic mass is 9.95. The van der Waals surface area contributed by atoms with Crippen molar-refractivity contribution >= 4 is 46.3 Å². The second-order valence-electron chi connectivity index (χ2n) is 6.07. The van der Waals surface area contributed by atoms with Gasteiger partial charge in [-0.1, -0.05) is 59.1 Å². The average Bonchev–Trinajstić information content (AvgIpc) is 3.13. The van der Waals surface area contributed by atoms with Crippen LogP contribution in [0.25, 0.3) is 21.7 Å². The molecule has 0 saturated heterocycles. The minimum absolute atomic E-state index is 0.461. The summed E-state index contributed by atoms with van der Waals surface area (Å²) >= 11 is 20.2. The zero-order chi connectivity index (χ0) is 19.7. The third kappa shape index (κ3) is 3.66. The molecule has 1 atom stereocenters. The molecule has 0 fully saturated rings. The fourth-order valence-electron chi connectivity index (χ4n) is 2.97. The summed E-state index contributed by atoms with van der Waals surface area (Å²) in [6, 6.07) is 16.3. The van der Waals surface area contributed by atoms with Crippen LogP contribution < -0.4 is 0 Å². The van der Waals surface area contributed by atoms with Crippen molar-refractivity contribution in [1.82, 2.24) is 9.36 Å². The molecule has 4 aromatic rings. The van der Waals surface area contributed by atoms with Gasteiger partial charge in [-0.15, -0.1) is 0 Å². The van der Waals surface area contributed by atoms with Crippen LogP contribution in [0.15, 0.2) is 67.0 Å². The van der Waals surface area contributed by atoms with Gasteiger partial charge in [0.05, 0.1) is 15.6 Å². The van der Waals surface area contributed by atoms with E-state index in [9.17, 15) is 5.11 Å². The molecule has 0 amide bonds. The molecule has 2 aromatic carbocycles. The van der Waals surface area contributed by atoms with E-state index in [1.807, 2.05) is 30.3 Å². The third-order valence-electron chi connectivity index (χ3n) is 4.31. The quantitative estimate of drug-likeness (QED) is 0.369. The first-order valence-electron chi connectivity index (χ1n) is 8.34. The molecule has 3 nitrogen and oxygen atoms in total. The van der Waals surface area contributed by atoms with Gasteiger partial charge in [0.2, 0.25) is 0 Å². The van der Waals surface area contributed by atoms with Gasteiger partial charge in [-0.25, -0.2) is 0 Å². The standard InChI is InChI=1S/C21H13Cl3N2OS/c22-13-7-8-14(17(24)10-13)19-18(20(27)12-4-3-9-25-11-12)21(28-26-19)15-5-1-2-6-16(15)23/h1-11,20,27H. The summed E-state index contributed by atoms with van der Waals surface area (Å²) in [6.07, 6.45) is 2.35. The predicted octanol–water partition coefficient (Wildman–Crippen LogP) is 6.91. The fraction of sp³-hybridized carbons (Fsp3) is 0.0476. The molecule has 140 valence electrons. The van der Waals surface area contributed by atoms with Gasteiger partial charge in [0.1, 0.15) is 6.10 Å². The fourth-order valence-corrected chi connectivity index (χ4v) is 4.72. The van der Waals surface area contributed by atoms with Gasteiger partial charge in [0.15, 0.2) is 0 Å². The van der Waals surface area contributed by atoms with E-state index in [-0.39, 0.29) is 0 Å². The van der Waals surface area contributed by atoms with Crippen LogP contribution in [0.1, 0.15) is 17.2 Å². The smallest absolute Gasteiger partial charge is 0.109 e. The molecule has 0 aliphatic heterocycles. The number of rotatable bonds is 4. The molecule has 28 heavy (non-hydrogen) atoms. The Balaban J connectivity index is 1.96. The second kappa shape index (κ2) is 8.19. The van der Waals surface area contributed by atoms with Gasteiger partial charge >= 0.3 is 0 Å². The number of pyridine rings is 1. The highest BCUT2D eigenvalue weighted by atomic mass is 35.5.